The van der Waals surface area contributed by atoms with Gasteiger partial charge in [0.25, 0.3) is 5.91 Å². The molecule has 15 heteroatoms. The lowest BCUT2D eigenvalue weighted by Crippen LogP contribution is -2.39. The van der Waals surface area contributed by atoms with E-state index in [0.29, 0.717) is 59.8 Å². The van der Waals surface area contributed by atoms with Gasteiger partial charge in [0.05, 0.1) is 24.1 Å². The zero-order valence-corrected chi connectivity index (χ0v) is 27.4. The van der Waals surface area contributed by atoms with E-state index in [9.17, 15) is 26.0 Å². The number of carbonyl (C=O) groups is 1. The molecule has 0 unspecified atom stereocenters. The summed E-state index contributed by atoms with van der Waals surface area (Å²) >= 11 is 0. The van der Waals surface area contributed by atoms with Crippen LogP contribution in [0.5, 0.6) is 5.75 Å². The molecule has 0 radical (unpaired) electrons. The molecule has 12 nitrogen and oxygen atoms in total. The monoisotopic (exact) mass is 671 g/mol. The summed E-state index contributed by atoms with van der Waals surface area (Å²) in [5.41, 5.74) is 1.75. The Kier molecular flexibility index (Phi) is 8.19. The molecule has 0 bridgehead atoms. The number of aromatic nitrogens is 1. The molecule has 4 heterocycles. The van der Waals surface area contributed by atoms with Crippen LogP contribution in [0.15, 0.2) is 58.0 Å². The first kappa shape index (κ1) is 31.8. The van der Waals surface area contributed by atoms with Gasteiger partial charge < -0.3 is 19.4 Å². The first-order valence-corrected chi connectivity index (χ1v) is 17.9. The van der Waals surface area contributed by atoms with Crippen molar-refractivity contribution in [3.63, 3.8) is 0 Å². The predicted molar refractivity (Wildman–Crippen MR) is 172 cm³/mol. The molecule has 1 N–H and O–H groups in total. The van der Waals surface area contributed by atoms with E-state index in [4.69, 9.17) is 9.15 Å². The third kappa shape index (κ3) is 5.67. The molecular formula is C31H34FN5O7S2. The zero-order valence-electron chi connectivity index (χ0n) is 25.8. The molecule has 2 aromatic heterocycles. The average molecular weight is 672 g/mol. The topological polar surface area (TPSA) is 142 Å². The number of amides is 1. The maximum Gasteiger partial charge on any atom is 0.255 e. The van der Waals surface area contributed by atoms with Gasteiger partial charge in [0.2, 0.25) is 20.0 Å². The molecule has 0 spiro atoms. The van der Waals surface area contributed by atoms with Crippen LogP contribution >= 0.6 is 0 Å². The second-order valence-electron chi connectivity index (χ2n) is 11.5. The number of halogens is 1. The standard InChI is InChI=1S/C31H34FN5O7S2/c1-33-31(38)28-24-15-23(25(36(3)45(4,39)40)16-26(24)44-29(28)19-7-9-21(32)10-8-19)20-6-5-11-37(18-20)46(41,42)22-14-27-30(34-17-22)35(2)12-13-43-27/h7-10,14-17,20H,5-6,11-13,18H2,1-4H3,(H,33,38)/t20-/m1/s1. The summed E-state index contributed by atoms with van der Waals surface area (Å²) in [5.74, 6) is -0.181. The largest absolute Gasteiger partial charge is 0.488 e. The molecule has 0 saturated carbocycles. The minimum absolute atomic E-state index is 0.00630. The van der Waals surface area contributed by atoms with Crippen LogP contribution in [0.2, 0.25) is 0 Å². The van der Waals surface area contributed by atoms with E-state index < -0.39 is 37.7 Å². The molecule has 244 valence electrons. The highest BCUT2D eigenvalue weighted by Gasteiger charge is 2.35. The van der Waals surface area contributed by atoms with Crippen molar-refractivity contribution in [3.05, 3.63) is 65.6 Å². The molecule has 2 aliphatic rings. The number of furan rings is 1. The Hall–Kier alpha value is -4.21. The van der Waals surface area contributed by atoms with Crippen LogP contribution < -0.4 is 19.3 Å². The van der Waals surface area contributed by atoms with Crippen molar-refractivity contribution in [3.8, 4) is 17.1 Å². The normalized spacial score (nSPS) is 17.4. The maximum absolute atomic E-state index is 13.9. The Balaban J connectivity index is 1.46. The second-order valence-corrected chi connectivity index (χ2v) is 15.4. The summed E-state index contributed by atoms with van der Waals surface area (Å²) in [4.78, 5) is 19.5. The number of anilines is 2. The van der Waals surface area contributed by atoms with E-state index in [1.165, 1.54) is 54.9 Å². The van der Waals surface area contributed by atoms with Crippen molar-refractivity contribution >= 4 is 48.4 Å². The smallest absolute Gasteiger partial charge is 0.255 e. The van der Waals surface area contributed by atoms with Crippen LogP contribution in [0.4, 0.5) is 15.9 Å². The molecule has 2 aromatic carbocycles. The van der Waals surface area contributed by atoms with E-state index in [-0.39, 0.29) is 34.9 Å². The van der Waals surface area contributed by atoms with Gasteiger partial charge in [-0.25, -0.2) is 26.2 Å². The number of sulfonamides is 2. The molecule has 1 saturated heterocycles. The summed E-state index contributed by atoms with van der Waals surface area (Å²) < 4.78 is 81.5. The summed E-state index contributed by atoms with van der Waals surface area (Å²) in [7, 11) is -2.99. The molecular weight excluding hydrogens is 638 g/mol. The molecule has 1 fully saturated rings. The van der Waals surface area contributed by atoms with Gasteiger partial charge in [0, 0.05) is 63.5 Å². The number of nitrogens with zero attached hydrogens (tertiary/aromatic N) is 4. The summed E-state index contributed by atoms with van der Waals surface area (Å²) in [6, 6.07) is 10.2. The lowest BCUT2D eigenvalue weighted by Gasteiger charge is -2.34. The number of benzene rings is 2. The molecule has 0 aliphatic carbocycles. The van der Waals surface area contributed by atoms with Gasteiger partial charge in [-0.3, -0.25) is 9.10 Å². The van der Waals surface area contributed by atoms with Crippen molar-refractivity contribution in [2.24, 2.45) is 0 Å². The third-order valence-electron chi connectivity index (χ3n) is 8.55. The first-order valence-electron chi connectivity index (χ1n) is 14.7. The van der Waals surface area contributed by atoms with Gasteiger partial charge in [0.1, 0.15) is 28.7 Å². The Bertz CT molecular complexity index is 2050. The fourth-order valence-corrected chi connectivity index (χ4v) is 8.00. The highest BCUT2D eigenvalue weighted by molar-refractivity contribution is 7.92. The number of pyridine rings is 1. The number of likely N-dealkylation sites (N-methyl/N-ethyl adjacent to an activating group) is 1. The molecule has 1 atom stereocenters. The SMILES string of the molecule is CNC(=O)c1c(-c2ccc(F)cc2)oc2cc(N(C)S(C)(=O)=O)c([C@@H]3CCCN(S(=O)(=O)c4cnc5c(c4)OCCN5C)C3)cc12. The first-order chi connectivity index (χ1) is 21.8. The molecule has 6 rings (SSSR count). The average Bonchev–Trinajstić information content (AvgIpc) is 3.41. The number of rotatable bonds is 7. The lowest BCUT2D eigenvalue weighted by atomic mass is 9.89. The van der Waals surface area contributed by atoms with Gasteiger partial charge in [-0.1, -0.05) is 0 Å². The Labute approximate surface area is 266 Å². The summed E-state index contributed by atoms with van der Waals surface area (Å²) in [6.45, 7) is 1.38. The maximum atomic E-state index is 13.9. The van der Waals surface area contributed by atoms with E-state index >= 15 is 0 Å². The van der Waals surface area contributed by atoms with E-state index in [1.54, 1.807) is 12.1 Å². The third-order valence-corrected chi connectivity index (χ3v) is 11.6. The van der Waals surface area contributed by atoms with E-state index in [0.717, 1.165) is 10.6 Å². The number of hydrogen-bond donors (Lipinski definition) is 1. The minimum atomic E-state index is -3.99. The van der Waals surface area contributed by atoms with Crippen molar-refractivity contribution in [1.82, 2.24) is 14.6 Å². The summed E-state index contributed by atoms with van der Waals surface area (Å²) in [5, 5.41) is 3.04. The fraction of sp³-hybridized carbons (Fsp3) is 0.355. The number of nitrogens with one attached hydrogen (secondary N) is 1. The highest BCUT2D eigenvalue weighted by atomic mass is 32.2. The quantitative estimate of drug-likeness (QED) is 0.311. The Morgan fingerprint density at radius 1 is 1.11 bits per heavy atom. The van der Waals surface area contributed by atoms with Crippen molar-refractivity contribution < 1.29 is 35.2 Å². The Morgan fingerprint density at radius 3 is 2.54 bits per heavy atom. The number of fused-ring (bicyclic) bond motifs is 2. The van der Waals surface area contributed by atoms with E-state index in [1.807, 2.05) is 11.9 Å². The lowest BCUT2D eigenvalue weighted by molar-refractivity contribution is 0.0964. The van der Waals surface area contributed by atoms with Crippen molar-refractivity contribution in [2.45, 2.75) is 23.7 Å². The van der Waals surface area contributed by atoms with Crippen LogP contribution in [0.25, 0.3) is 22.3 Å². The molecule has 1 amide bonds. The van der Waals surface area contributed by atoms with Crippen LogP contribution in [-0.2, 0) is 20.0 Å². The minimum Gasteiger partial charge on any atom is -0.488 e. The summed E-state index contributed by atoms with van der Waals surface area (Å²) in [6.07, 6.45) is 3.48. The fourth-order valence-electron chi connectivity index (χ4n) is 6.00. The molecule has 4 aromatic rings. The van der Waals surface area contributed by atoms with Crippen LogP contribution in [-0.4, -0.2) is 85.7 Å². The van der Waals surface area contributed by atoms with Gasteiger partial charge in [-0.2, -0.15) is 4.31 Å². The van der Waals surface area contributed by atoms with E-state index in [2.05, 4.69) is 10.3 Å². The van der Waals surface area contributed by atoms with Gasteiger partial charge in [0.15, 0.2) is 11.6 Å². The van der Waals surface area contributed by atoms with Crippen LogP contribution in [0.3, 0.4) is 0 Å². The highest BCUT2D eigenvalue weighted by Crippen LogP contribution is 2.43. The van der Waals surface area contributed by atoms with Gasteiger partial charge >= 0.3 is 0 Å². The van der Waals surface area contributed by atoms with Gasteiger partial charge in [-0.05, 0) is 54.7 Å². The number of carbonyl (C=O) groups excluding carboxylic acids is 1. The van der Waals surface area contributed by atoms with Crippen LogP contribution in [0.1, 0.15) is 34.7 Å². The Morgan fingerprint density at radius 2 is 1.85 bits per heavy atom. The van der Waals surface area contributed by atoms with Crippen molar-refractivity contribution in [2.75, 3.05) is 62.8 Å². The van der Waals surface area contributed by atoms with Crippen LogP contribution in [0, 0.1) is 5.82 Å². The number of hydrogen-bond acceptors (Lipinski definition) is 9. The van der Waals surface area contributed by atoms with Gasteiger partial charge in [-0.15, -0.1) is 0 Å². The predicted octanol–water partition coefficient (Wildman–Crippen LogP) is 3.79. The molecule has 2 aliphatic heterocycles. The zero-order chi connectivity index (χ0) is 33.0. The number of ether oxygens (including phenoxy) is 1. The van der Waals surface area contributed by atoms with Crippen molar-refractivity contribution in [1.29, 1.82) is 0 Å². The number of piperidine rings is 1. The second kappa shape index (κ2) is 11.9. The molecule has 46 heavy (non-hydrogen) atoms.